The summed E-state index contributed by atoms with van der Waals surface area (Å²) >= 11 is 12.3. The lowest BCUT2D eigenvalue weighted by Gasteiger charge is -2.37. The van der Waals surface area contributed by atoms with E-state index in [9.17, 15) is 5.11 Å². The van der Waals surface area contributed by atoms with E-state index in [0.717, 1.165) is 69.5 Å². The van der Waals surface area contributed by atoms with Crippen molar-refractivity contribution >= 4 is 23.2 Å². The molecule has 2 aromatic rings. The fourth-order valence-electron chi connectivity index (χ4n) is 4.80. The Bertz CT molecular complexity index is 797. The molecular weight excluding hydrogens is 403 g/mol. The van der Waals surface area contributed by atoms with Crippen molar-refractivity contribution in [1.82, 2.24) is 10.2 Å². The van der Waals surface area contributed by atoms with Crippen LogP contribution in [-0.2, 0) is 0 Å². The van der Waals surface area contributed by atoms with Crippen molar-refractivity contribution in [3.8, 4) is 11.1 Å². The van der Waals surface area contributed by atoms with Gasteiger partial charge in [-0.1, -0.05) is 53.5 Å². The summed E-state index contributed by atoms with van der Waals surface area (Å²) in [4.78, 5) is 2.60. The molecule has 1 saturated heterocycles. The summed E-state index contributed by atoms with van der Waals surface area (Å²) in [6, 6.07) is 14.8. The van der Waals surface area contributed by atoms with Gasteiger partial charge in [0, 0.05) is 32.7 Å². The molecule has 1 atom stereocenters. The fraction of sp³-hybridized carbons (Fsp3) is 0.500. The van der Waals surface area contributed by atoms with Crippen LogP contribution < -0.4 is 5.32 Å². The third kappa shape index (κ3) is 5.34. The maximum absolute atomic E-state index is 9.97. The Labute approximate surface area is 184 Å². The van der Waals surface area contributed by atoms with Crippen LogP contribution in [0, 0.1) is 5.92 Å². The summed E-state index contributed by atoms with van der Waals surface area (Å²) < 4.78 is 0. The molecule has 0 bridgehead atoms. The minimum Gasteiger partial charge on any atom is -0.393 e. The highest BCUT2D eigenvalue weighted by atomic mass is 35.5. The van der Waals surface area contributed by atoms with Gasteiger partial charge in [0.15, 0.2) is 0 Å². The SMILES string of the molecule is OC1CCC(C(CN2CCNCC2)c2ccc(-c3ccc(Cl)c(Cl)c3)cc2)CC1. The third-order valence-corrected chi connectivity index (χ3v) is 7.31. The summed E-state index contributed by atoms with van der Waals surface area (Å²) in [6.45, 7) is 5.49. The average molecular weight is 433 g/mol. The van der Waals surface area contributed by atoms with Crippen LogP contribution in [0.3, 0.4) is 0 Å². The number of rotatable bonds is 5. The van der Waals surface area contributed by atoms with Crippen LogP contribution in [0.15, 0.2) is 42.5 Å². The Morgan fingerprint density at radius 3 is 2.21 bits per heavy atom. The molecular formula is C24H30Cl2N2O. The van der Waals surface area contributed by atoms with Gasteiger partial charge in [0.2, 0.25) is 0 Å². The molecule has 0 radical (unpaired) electrons. The highest BCUT2D eigenvalue weighted by molar-refractivity contribution is 6.42. The molecule has 0 amide bonds. The van der Waals surface area contributed by atoms with E-state index in [1.807, 2.05) is 18.2 Å². The van der Waals surface area contributed by atoms with Gasteiger partial charge < -0.3 is 15.3 Å². The Morgan fingerprint density at radius 1 is 0.897 bits per heavy atom. The van der Waals surface area contributed by atoms with Gasteiger partial charge in [0.25, 0.3) is 0 Å². The number of halogens is 2. The van der Waals surface area contributed by atoms with Gasteiger partial charge >= 0.3 is 0 Å². The molecule has 29 heavy (non-hydrogen) atoms. The quantitative estimate of drug-likeness (QED) is 0.681. The van der Waals surface area contributed by atoms with Gasteiger partial charge in [-0.05, 0) is 66.3 Å². The summed E-state index contributed by atoms with van der Waals surface area (Å²) in [5.74, 6) is 1.16. The minimum atomic E-state index is -0.108. The number of hydrogen-bond donors (Lipinski definition) is 2. The van der Waals surface area contributed by atoms with E-state index in [1.54, 1.807) is 0 Å². The van der Waals surface area contributed by atoms with Crippen LogP contribution in [-0.4, -0.2) is 48.8 Å². The van der Waals surface area contributed by atoms with Gasteiger partial charge in [0.1, 0.15) is 0 Å². The number of benzene rings is 2. The molecule has 2 aromatic carbocycles. The summed E-state index contributed by atoms with van der Waals surface area (Å²) in [5.41, 5.74) is 3.66. The zero-order valence-corrected chi connectivity index (χ0v) is 18.3. The van der Waals surface area contributed by atoms with Crippen LogP contribution in [0.2, 0.25) is 10.0 Å². The number of piperazine rings is 1. The standard InChI is InChI=1S/C24H30Cl2N2O/c25-23-10-7-20(15-24(23)26)17-1-3-18(4-2-17)22(16-28-13-11-27-12-14-28)19-5-8-21(29)9-6-19/h1-4,7,10,15,19,21-22,27,29H,5-6,8-9,11-14,16H2. The molecule has 0 aromatic heterocycles. The maximum atomic E-state index is 9.97. The topological polar surface area (TPSA) is 35.5 Å². The van der Waals surface area contributed by atoms with E-state index in [0.29, 0.717) is 21.9 Å². The van der Waals surface area contributed by atoms with Gasteiger partial charge in [-0.3, -0.25) is 0 Å². The Morgan fingerprint density at radius 2 is 1.55 bits per heavy atom. The molecule has 0 spiro atoms. The monoisotopic (exact) mass is 432 g/mol. The van der Waals surface area contributed by atoms with Gasteiger partial charge in [-0.25, -0.2) is 0 Å². The third-order valence-electron chi connectivity index (χ3n) is 6.57. The van der Waals surface area contributed by atoms with Crippen molar-refractivity contribution in [3.63, 3.8) is 0 Å². The average Bonchev–Trinajstić information content (AvgIpc) is 2.76. The number of aliphatic hydroxyl groups is 1. The van der Waals surface area contributed by atoms with Crippen molar-refractivity contribution in [2.75, 3.05) is 32.7 Å². The molecule has 3 nitrogen and oxygen atoms in total. The van der Waals surface area contributed by atoms with Gasteiger partial charge in [-0.2, -0.15) is 0 Å². The van der Waals surface area contributed by atoms with Gasteiger partial charge in [-0.15, -0.1) is 0 Å². The zero-order chi connectivity index (χ0) is 20.2. The molecule has 2 aliphatic rings. The van der Waals surface area contributed by atoms with Crippen LogP contribution in [0.4, 0.5) is 0 Å². The Balaban J connectivity index is 1.55. The molecule has 1 unspecified atom stereocenters. The van der Waals surface area contributed by atoms with E-state index in [2.05, 4.69) is 34.5 Å². The van der Waals surface area contributed by atoms with Crippen molar-refractivity contribution in [3.05, 3.63) is 58.1 Å². The predicted octanol–water partition coefficient (Wildman–Crippen LogP) is 5.20. The highest BCUT2D eigenvalue weighted by Gasteiger charge is 2.29. The largest absolute Gasteiger partial charge is 0.393 e. The van der Waals surface area contributed by atoms with Crippen molar-refractivity contribution in [1.29, 1.82) is 0 Å². The van der Waals surface area contributed by atoms with E-state index in [-0.39, 0.29) is 6.10 Å². The molecule has 1 aliphatic carbocycles. The first-order valence-corrected chi connectivity index (χ1v) is 11.5. The smallest absolute Gasteiger partial charge is 0.0598 e. The fourth-order valence-corrected chi connectivity index (χ4v) is 5.10. The number of nitrogens with one attached hydrogen (secondary N) is 1. The lowest BCUT2D eigenvalue weighted by atomic mass is 9.75. The first-order valence-electron chi connectivity index (χ1n) is 10.8. The zero-order valence-electron chi connectivity index (χ0n) is 16.8. The normalized spacial score (nSPS) is 24.4. The summed E-state index contributed by atoms with van der Waals surface area (Å²) in [6.07, 6.45) is 4.00. The highest BCUT2D eigenvalue weighted by Crippen LogP contribution is 2.38. The maximum Gasteiger partial charge on any atom is 0.0598 e. The molecule has 2 N–H and O–H groups in total. The van der Waals surface area contributed by atoms with Crippen LogP contribution >= 0.6 is 23.2 Å². The molecule has 2 fully saturated rings. The van der Waals surface area contributed by atoms with E-state index >= 15 is 0 Å². The van der Waals surface area contributed by atoms with Crippen molar-refractivity contribution in [2.24, 2.45) is 5.92 Å². The lowest BCUT2D eigenvalue weighted by Crippen LogP contribution is -2.46. The molecule has 156 valence electrons. The predicted molar refractivity (Wildman–Crippen MR) is 122 cm³/mol. The molecule has 4 rings (SSSR count). The number of hydrogen-bond acceptors (Lipinski definition) is 3. The van der Waals surface area contributed by atoms with Crippen LogP contribution in [0.1, 0.15) is 37.2 Å². The van der Waals surface area contributed by atoms with Crippen LogP contribution in [0.5, 0.6) is 0 Å². The Kier molecular flexibility index (Phi) is 7.15. The second-order valence-electron chi connectivity index (χ2n) is 8.48. The van der Waals surface area contributed by atoms with Gasteiger partial charge in [0.05, 0.1) is 16.1 Å². The molecule has 5 heteroatoms. The van der Waals surface area contributed by atoms with Crippen LogP contribution in [0.25, 0.3) is 11.1 Å². The summed E-state index contributed by atoms with van der Waals surface area (Å²) in [5, 5.41) is 14.6. The second-order valence-corrected chi connectivity index (χ2v) is 9.29. The van der Waals surface area contributed by atoms with E-state index < -0.39 is 0 Å². The van der Waals surface area contributed by atoms with Crippen molar-refractivity contribution < 1.29 is 5.11 Å². The van der Waals surface area contributed by atoms with Crippen molar-refractivity contribution in [2.45, 2.75) is 37.7 Å². The first kappa shape index (κ1) is 21.1. The minimum absolute atomic E-state index is 0.108. The summed E-state index contributed by atoms with van der Waals surface area (Å²) in [7, 11) is 0. The van der Waals surface area contributed by atoms with E-state index in [4.69, 9.17) is 23.2 Å². The number of nitrogens with zero attached hydrogens (tertiary/aromatic N) is 1. The first-order chi connectivity index (χ1) is 14.1. The lowest BCUT2D eigenvalue weighted by molar-refractivity contribution is 0.0932. The molecule has 1 aliphatic heterocycles. The van der Waals surface area contributed by atoms with E-state index in [1.165, 1.54) is 5.56 Å². The number of aliphatic hydroxyl groups excluding tert-OH is 1. The second kappa shape index (κ2) is 9.80. The molecule has 1 heterocycles. The Hall–Kier alpha value is -1.10. The molecule has 1 saturated carbocycles.